The van der Waals surface area contributed by atoms with E-state index in [1.807, 2.05) is 0 Å². The van der Waals surface area contributed by atoms with Gasteiger partial charge in [0.05, 0.1) is 0 Å². The van der Waals surface area contributed by atoms with Crippen LogP contribution in [0.3, 0.4) is 0 Å². The molecule has 0 aromatic heterocycles. The molecule has 0 rings (SSSR count). The summed E-state index contributed by atoms with van der Waals surface area (Å²) >= 11 is 2.47. The van der Waals surface area contributed by atoms with Crippen LogP contribution >= 0.6 is 22.6 Å². The van der Waals surface area contributed by atoms with Gasteiger partial charge in [-0.2, -0.15) is 0 Å². The Bertz CT molecular complexity index is 182. The Hall–Kier alpha value is 0.210. The van der Waals surface area contributed by atoms with Crippen molar-refractivity contribution in [1.82, 2.24) is 0 Å². The topological polar surface area (TPSA) is 0 Å². The van der Waals surface area contributed by atoms with E-state index < -0.39 is 0 Å². The summed E-state index contributed by atoms with van der Waals surface area (Å²) in [6.45, 7) is 2.06. The predicted octanol–water partition coefficient (Wildman–Crippen LogP) is 6.45. The van der Waals surface area contributed by atoms with Gasteiger partial charge in [-0.3, -0.25) is 0 Å². The number of unbranched alkanes of at least 4 members (excludes halogenated alkanes) is 9. The highest BCUT2D eigenvalue weighted by atomic mass is 127. The highest BCUT2D eigenvalue weighted by molar-refractivity contribution is 14.1. The predicted molar refractivity (Wildman–Crippen MR) is 89.0 cm³/mol. The van der Waals surface area contributed by atoms with Crippen LogP contribution in [0.4, 0.5) is 0 Å². The third-order valence-electron chi connectivity index (χ3n) is 2.94. The lowest BCUT2D eigenvalue weighted by Crippen LogP contribution is -1.82. The SMILES string of the molecule is C/C=C/C=C/CCCCCCCCCCCI. The van der Waals surface area contributed by atoms with Crippen LogP contribution in [0, 0.1) is 0 Å². The Labute approximate surface area is 122 Å². The molecule has 100 valence electrons. The smallest absolute Gasteiger partial charge is 0.000473 e. The normalized spacial score (nSPS) is 11.9. The van der Waals surface area contributed by atoms with E-state index in [1.54, 1.807) is 0 Å². The summed E-state index contributed by atoms with van der Waals surface area (Å²) in [7, 11) is 0. The first-order valence-electron chi connectivity index (χ1n) is 7.25. The van der Waals surface area contributed by atoms with E-state index in [-0.39, 0.29) is 0 Å². The zero-order valence-electron chi connectivity index (χ0n) is 11.5. The van der Waals surface area contributed by atoms with Gasteiger partial charge in [0.2, 0.25) is 0 Å². The molecule has 1 heteroatoms. The first kappa shape index (κ1) is 17.2. The fraction of sp³-hybridized carbons (Fsp3) is 0.750. The molecule has 0 unspecified atom stereocenters. The molecular weight excluding hydrogens is 319 g/mol. The number of hydrogen-bond donors (Lipinski definition) is 0. The second-order valence-electron chi connectivity index (χ2n) is 4.61. The van der Waals surface area contributed by atoms with Crippen LogP contribution < -0.4 is 0 Å². The molecule has 0 atom stereocenters. The molecule has 0 radical (unpaired) electrons. The van der Waals surface area contributed by atoms with Gasteiger partial charge in [-0.1, -0.05) is 91.8 Å². The summed E-state index contributed by atoms with van der Waals surface area (Å²) in [5.41, 5.74) is 0. The van der Waals surface area contributed by atoms with Gasteiger partial charge in [0.25, 0.3) is 0 Å². The lowest BCUT2D eigenvalue weighted by atomic mass is 10.1. The van der Waals surface area contributed by atoms with Gasteiger partial charge in [-0.15, -0.1) is 0 Å². The minimum Gasteiger partial charge on any atom is -0.0877 e. The van der Waals surface area contributed by atoms with Crippen molar-refractivity contribution in [3.8, 4) is 0 Å². The lowest BCUT2D eigenvalue weighted by molar-refractivity contribution is 0.568. The number of rotatable bonds is 12. The van der Waals surface area contributed by atoms with Crippen molar-refractivity contribution >= 4 is 22.6 Å². The van der Waals surface area contributed by atoms with Gasteiger partial charge in [0, 0.05) is 0 Å². The molecule has 17 heavy (non-hydrogen) atoms. The fourth-order valence-electron chi connectivity index (χ4n) is 1.88. The third kappa shape index (κ3) is 16.2. The zero-order valence-corrected chi connectivity index (χ0v) is 13.6. The molecule has 0 aliphatic rings. The van der Waals surface area contributed by atoms with Crippen molar-refractivity contribution in [2.24, 2.45) is 0 Å². The summed E-state index contributed by atoms with van der Waals surface area (Å²) in [6, 6.07) is 0. The minimum absolute atomic E-state index is 1.25. The molecule has 0 nitrogen and oxygen atoms in total. The number of alkyl halides is 1. The van der Waals surface area contributed by atoms with Crippen molar-refractivity contribution in [2.75, 3.05) is 4.43 Å². The van der Waals surface area contributed by atoms with Crippen molar-refractivity contribution < 1.29 is 0 Å². The molecule has 0 aliphatic heterocycles. The van der Waals surface area contributed by atoms with E-state index in [4.69, 9.17) is 0 Å². The van der Waals surface area contributed by atoms with Crippen LogP contribution in [-0.4, -0.2) is 4.43 Å². The first-order valence-corrected chi connectivity index (χ1v) is 8.78. The molecule has 0 aromatic rings. The summed E-state index contributed by atoms with van der Waals surface area (Å²) < 4.78 is 1.33. The van der Waals surface area contributed by atoms with Gasteiger partial charge in [0.1, 0.15) is 0 Å². The van der Waals surface area contributed by atoms with Crippen molar-refractivity contribution in [3.63, 3.8) is 0 Å². The highest BCUT2D eigenvalue weighted by Gasteiger charge is 1.91. The van der Waals surface area contributed by atoms with Gasteiger partial charge < -0.3 is 0 Å². The number of allylic oxidation sites excluding steroid dienone is 4. The first-order chi connectivity index (χ1) is 8.41. The Morgan fingerprint density at radius 1 is 0.706 bits per heavy atom. The van der Waals surface area contributed by atoms with Crippen LogP contribution in [0.2, 0.25) is 0 Å². The largest absolute Gasteiger partial charge is 0.0877 e. The summed E-state index contributed by atoms with van der Waals surface area (Å²) in [4.78, 5) is 0. The third-order valence-corrected chi connectivity index (χ3v) is 3.71. The molecular formula is C16H29I. The molecule has 0 heterocycles. The molecule has 0 fully saturated rings. The molecule has 0 aliphatic carbocycles. The Morgan fingerprint density at radius 3 is 1.76 bits per heavy atom. The number of hydrogen-bond acceptors (Lipinski definition) is 0. The van der Waals surface area contributed by atoms with Crippen molar-refractivity contribution in [3.05, 3.63) is 24.3 Å². The van der Waals surface area contributed by atoms with E-state index >= 15 is 0 Å². The maximum atomic E-state index is 2.47. The molecule has 0 bridgehead atoms. The van der Waals surface area contributed by atoms with E-state index in [9.17, 15) is 0 Å². The maximum Gasteiger partial charge on any atom is -0.000473 e. The van der Waals surface area contributed by atoms with Crippen LogP contribution in [-0.2, 0) is 0 Å². The molecule has 0 spiro atoms. The van der Waals surface area contributed by atoms with Gasteiger partial charge >= 0.3 is 0 Å². The second kappa shape index (κ2) is 16.2. The Morgan fingerprint density at radius 2 is 1.24 bits per heavy atom. The lowest BCUT2D eigenvalue weighted by Gasteiger charge is -2.00. The average Bonchev–Trinajstić information content (AvgIpc) is 2.35. The average molecular weight is 348 g/mol. The second-order valence-corrected chi connectivity index (χ2v) is 5.69. The number of halogens is 1. The van der Waals surface area contributed by atoms with Gasteiger partial charge in [0.15, 0.2) is 0 Å². The molecule has 0 saturated heterocycles. The summed E-state index contributed by atoms with van der Waals surface area (Å²) in [6.07, 6.45) is 22.8. The Balaban J connectivity index is 2.98. The van der Waals surface area contributed by atoms with Crippen molar-refractivity contribution in [2.45, 2.75) is 71.1 Å². The summed E-state index contributed by atoms with van der Waals surface area (Å²) in [5, 5.41) is 0. The molecule has 0 saturated carbocycles. The van der Waals surface area contributed by atoms with Crippen molar-refractivity contribution in [1.29, 1.82) is 0 Å². The molecule has 0 N–H and O–H groups in total. The highest BCUT2D eigenvalue weighted by Crippen LogP contribution is 2.11. The molecule has 0 aromatic carbocycles. The maximum absolute atomic E-state index is 2.47. The van der Waals surface area contributed by atoms with E-state index in [0.29, 0.717) is 0 Å². The van der Waals surface area contributed by atoms with Crippen LogP contribution in [0.1, 0.15) is 71.1 Å². The van der Waals surface area contributed by atoms with E-state index in [0.717, 1.165) is 0 Å². The van der Waals surface area contributed by atoms with Crippen LogP contribution in [0.5, 0.6) is 0 Å². The quantitative estimate of drug-likeness (QED) is 0.164. The standard InChI is InChI=1S/C16H29I/c1-2-3-4-5-6-7-8-9-10-11-12-13-14-15-16-17/h2-5H,6-16H2,1H3/b3-2+,5-4+. The van der Waals surface area contributed by atoms with Gasteiger partial charge in [-0.25, -0.2) is 0 Å². The monoisotopic (exact) mass is 348 g/mol. The molecule has 0 amide bonds. The van der Waals surface area contributed by atoms with Gasteiger partial charge in [-0.05, 0) is 30.6 Å². The van der Waals surface area contributed by atoms with E-state index in [1.165, 1.54) is 68.6 Å². The fourth-order valence-corrected chi connectivity index (χ4v) is 2.42. The zero-order chi connectivity index (χ0) is 12.6. The van der Waals surface area contributed by atoms with E-state index in [2.05, 4.69) is 53.8 Å². The van der Waals surface area contributed by atoms with Crippen LogP contribution in [0.15, 0.2) is 24.3 Å². The van der Waals surface area contributed by atoms with Crippen LogP contribution in [0.25, 0.3) is 0 Å². The minimum atomic E-state index is 1.25. The Kier molecular flexibility index (Phi) is 16.4. The summed E-state index contributed by atoms with van der Waals surface area (Å²) in [5.74, 6) is 0.